The lowest BCUT2D eigenvalue weighted by atomic mass is 10.1. The van der Waals surface area contributed by atoms with Gasteiger partial charge in [-0.05, 0) is 37.6 Å². The van der Waals surface area contributed by atoms with E-state index in [0.717, 1.165) is 16.9 Å². The minimum Gasteiger partial charge on any atom is -0.493 e. The number of para-hydroxylation sites is 1. The second-order valence-electron chi connectivity index (χ2n) is 6.79. The Morgan fingerprint density at radius 2 is 1.71 bits per heavy atom. The van der Waals surface area contributed by atoms with Crippen molar-refractivity contribution < 1.29 is 18.7 Å². The van der Waals surface area contributed by atoms with Gasteiger partial charge in [0.15, 0.2) is 11.5 Å². The van der Waals surface area contributed by atoms with E-state index in [2.05, 4.69) is 15.1 Å². The number of aryl methyl sites for hydroxylation is 1. The summed E-state index contributed by atoms with van der Waals surface area (Å²) >= 11 is 6.42. The third kappa shape index (κ3) is 3.59. The third-order valence-corrected chi connectivity index (χ3v) is 5.29. The summed E-state index contributed by atoms with van der Waals surface area (Å²) in [5, 5.41) is 4.75. The Kier molecular flexibility index (Phi) is 5.56. The molecule has 4 rings (SSSR count). The van der Waals surface area contributed by atoms with Crippen LogP contribution in [0.1, 0.15) is 11.3 Å². The Labute approximate surface area is 184 Å². The van der Waals surface area contributed by atoms with Crippen molar-refractivity contribution in [1.29, 1.82) is 0 Å². The van der Waals surface area contributed by atoms with Gasteiger partial charge in [0.05, 0.1) is 37.7 Å². The molecule has 31 heavy (non-hydrogen) atoms. The Hall–Kier alpha value is -3.52. The maximum absolute atomic E-state index is 6.42. The lowest BCUT2D eigenvalue weighted by Gasteiger charge is -2.12. The average Bonchev–Trinajstić information content (AvgIpc) is 3.40. The Balaban J connectivity index is 1.75. The van der Waals surface area contributed by atoms with Crippen LogP contribution in [0.2, 0.25) is 5.02 Å². The number of hydrogen-bond donors (Lipinski definition) is 0. The fourth-order valence-electron chi connectivity index (χ4n) is 3.42. The summed E-state index contributed by atoms with van der Waals surface area (Å²) in [7, 11) is 4.65. The monoisotopic (exact) mass is 440 g/mol. The molecule has 9 heteroatoms. The van der Waals surface area contributed by atoms with Crippen molar-refractivity contribution in [1.82, 2.24) is 19.7 Å². The molecule has 2 heterocycles. The van der Waals surface area contributed by atoms with Crippen molar-refractivity contribution in [2.45, 2.75) is 13.8 Å². The topological polar surface area (TPSA) is 84.4 Å². The van der Waals surface area contributed by atoms with Crippen LogP contribution in [0.25, 0.3) is 28.7 Å². The van der Waals surface area contributed by atoms with Crippen LogP contribution in [0, 0.1) is 13.8 Å². The van der Waals surface area contributed by atoms with Crippen molar-refractivity contribution in [3.63, 3.8) is 0 Å². The van der Waals surface area contributed by atoms with Crippen molar-refractivity contribution >= 4 is 11.6 Å². The van der Waals surface area contributed by atoms with E-state index in [1.165, 1.54) is 0 Å². The summed E-state index contributed by atoms with van der Waals surface area (Å²) in [4.78, 5) is 9.02. The molecule has 0 amide bonds. The molecule has 0 spiro atoms. The number of nitrogens with zero attached hydrogens (tertiary/aromatic N) is 4. The van der Waals surface area contributed by atoms with E-state index >= 15 is 0 Å². The molecule has 0 bridgehead atoms. The van der Waals surface area contributed by atoms with E-state index in [9.17, 15) is 0 Å². The van der Waals surface area contributed by atoms with Gasteiger partial charge < -0.3 is 23.3 Å². The van der Waals surface area contributed by atoms with E-state index in [1.54, 1.807) is 39.8 Å². The summed E-state index contributed by atoms with van der Waals surface area (Å²) in [6.45, 7) is 3.92. The number of rotatable bonds is 6. The summed E-state index contributed by atoms with van der Waals surface area (Å²) in [5.74, 6) is 2.15. The van der Waals surface area contributed by atoms with Crippen LogP contribution >= 0.6 is 11.6 Å². The summed E-state index contributed by atoms with van der Waals surface area (Å²) < 4.78 is 23.6. The molecule has 2 aromatic heterocycles. The average molecular weight is 441 g/mol. The van der Waals surface area contributed by atoms with Crippen molar-refractivity contribution in [2.75, 3.05) is 21.3 Å². The molecule has 0 radical (unpaired) electrons. The number of aromatic nitrogens is 4. The van der Waals surface area contributed by atoms with Crippen LogP contribution in [0.4, 0.5) is 0 Å². The van der Waals surface area contributed by atoms with Gasteiger partial charge in [-0.15, -0.1) is 0 Å². The molecule has 0 atom stereocenters. The molecule has 0 aliphatic rings. The van der Waals surface area contributed by atoms with Gasteiger partial charge in [-0.25, -0.2) is 4.98 Å². The van der Waals surface area contributed by atoms with Crippen LogP contribution in [0.3, 0.4) is 0 Å². The van der Waals surface area contributed by atoms with Gasteiger partial charge in [-0.1, -0.05) is 28.9 Å². The Morgan fingerprint density at radius 3 is 2.32 bits per heavy atom. The molecular formula is C22H21ClN4O4. The smallest absolute Gasteiger partial charge is 0.278 e. The fourth-order valence-corrected chi connectivity index (χ4v) is 3.73. The number of imidazole rings is 1. The predicted octanol–water partition coefficient (Wildman–Crippen LogP) is 4.89. The summed E-state index contributed by atoms with van der Waals surface area (Å²) in [6.07, 6.45) is 1.70. The first-order valence-corrected chi connectivity index (χ1v) is 9.80. The highest BCUT2D eigenvalue weighted by molar-refractivity contribution is 6.32. The molecule has 0 aliphatic carbocycles. The summed E-state index contributed by atoms with van der Waals surface area (Å²) in [5.41, 5.74) is 3.96. The highest BCUT2D eigenvalue weighted by Gasteiger charge is 2.21. The number of ether oxygens (including phenoxy) is 3. The zero-order valence-corrected chi connectivity index (χ0v) is 18.5. The third-order valence-electron chi connectivity index (χ3n) is 4.99. The first-order chi connectivity index (χ1) is 15.0. The number of benzene rings is 2. The maximum Gasteiger partial charge on any atom is 0.278 e. The predicted molar refractivity (Wildman–Crippen MR) is 116 cm³/mol. The van der Waals surface area contributed by atoms with Gasteiger partial charge in [0.1, 0.15) is 12.0 Å². The van der Waals surface area contributed by atoms with E-state index in [0.29, 0.717) is 45.2 Å². The largest absolute Gasteiger partial charge is 0.493 e. The van der Waals surface area contributed by atoms with E-state index in [-0.39, 0.29) is 0 Å². The lowest BCUT2D eigenvalue weighted by molar-refractivity contribution is 0.324. The zero-order chi connectivity index (χ0) is 22.1. The Morgan fingerprint density at radius 1 is 1.00 bits per heavy atom. The molecule has 0 N–H and O–H groups in total. The van der Waals surface area contributed by atoms with Crippen molar-refractivity contribution in [3.05, 3.63) is 52.9 Å². The second-order valence-corrected chi connectivity index (χ2v) is 7.20. The lowest BCUT2D eigenvalue weighted by Crippen LogP contribution is -1.99. The zero-order valence-electron chi connectivity index (χ0n) is 17.8. The normalized spacial score (nSPS) is 10.9. The standard InChI is InChI=1S/C22H21ClN4O4/c1-12-7-6-8-15(23)19(12)27-11-24-18(13(27)2)22-25-21(26-31-22)14-9-16(28-3)20(30-5)17(10-14)29-4/h6-11H,1-5H3. The van der Waals surface area contributed by atoms with Crippen LogP contribution in [-0.2, 0) is 0 Å². The molecule has 0 aliphatic heterocycles. The van der Waals surface area contributed by atoms with Gasteiger partial charge in [0.25, 0.3) is 5.89 Å². The van der Waals surface area contributed by atoms with E-state index in [4.69, 9.17) is 30.3 Å². The van der Waals surface area contributed by atoms with Crippen molar-refractivity contribution in [2.24, 2.45) is 0 Å². The molecule has 0 unspecified atom stereocenters. The first-order valence-electron chi connectivity index (χ1n) is 9.42. The Bertz CT molecular complexity index is 1200. The molecular weight excluding hydrogens is 420 g/mol. The number of hydrogen-bond acceptors (Lipinski definition) is 7. The SMILES string of the molecule is COc1cc(-c2noc(-c3ncn(-c4c(C)cccc4Cl)c3C)n2)cc(OC)c1OC. The molecule has 8 nitrogen and oxygen atoms in total. The van der Waals surface area contributed by atoms with Gasteiger partial charge >= 0.3 is 0 Å². The van der Waals surface area contributed by atoms with Gasteiger partial charge in [-0.3, -0.25) is 0 Å². The molecule has 0 saturated carbocycles. The second kappa shape index (κ2) is 8.31. The van der Waals surface area contributed by atoms with Crippen LogP contribution in [0.15, 0.2) is 41.2 Å². The fraction of sp³-hybridized carbons (Fsp3) is 0.227. The highest BCUT2D eigenvalue weighted by Crippen LogP contribution is 2.41. The number of methoxy groups -OCH3 is 3. The first kappa shape index (κ1) is 20.7. The van der Waals surface area contributed by atoms with Gasteiger partial charge in [-0.2, -0.15) is 4.98 Å². The quantitative estimate of drug-likeness (QED) is 0.422. The minimum atomic E-state index is 0.296. The molecule has 0 saturated heterocycles. The molecule has 4 aromatic rings. The van der Waals surface area contributed by atoms with Crippen LogP contribution in [-0.4, -0.2) is 41.0 Å². The molecule has 0 fully saturated rings. The minimum absolute atomic E-state index is 0.296. The van der Waals surface area contributed by atoms with Gasteiger partial charge in [0.2, 0.25) is 11.6 Å². The van der Waals surface area contributed by atoms with E-state index in [1.807, 2.05) is 36.6 Å². The summed E-state index contributed by atoms with van der Waals surface area (Å²) in [6, 6.07) is 9.27. The van der Waals surface area contributed by atoms with E-state index < -0.39 is 0 Å². The number of halogens is 1. The molecule has 2 aromatic carbocycles. The van der Waals surface area contributed by atoms with Crippen molar-refractivity contribution in [3.8, 4) is 45.9 Å². The highest BCUT2D eigenvalue weighted by atomic mass is 35.5. The van der Waals surface area contributed by atoms with Crippen LogP contribution in [0.5, 0.6) is 17.2 Å². The van der Waals surface area contributed by atoms with Crippen LogP contribution < -0.4 is 14.2 Å². The van der Waals surface area contributed by atoms with Gasteiger partial charge in [0, 0.05) is 5.56 Å². The maximum atomic E-state index is 6.42. The molecule has 160 valence electrons.